The van der Waals surface area contributed by atoms with Crippen LogP contribution in [0.5, 0.6) is 5.75 Å². The molecule has 1 aromatic heterocycles. The fraction of sp³-hybridized carbons (Fsp3) is 0.211. The van der Waals surface area contributed by atoms with Crippen molar-refractivity contribution in [2.24, 2.45) is 5.10 Å². The minimum absolute atomic E-state index is 0.0826. The standard InChI is InChI=1S/C19H20N4O2/c1-4-23-18(24)15-10-5-7-11-16(15)20-19(23)22-21-13(2)14-9-6-8-12-17(14)25-3/h5-12H,4H2,1-3H3,(H,20,22)/b21-13-. The number of anilines is 1. The summed E-state index contributed by atoms with van der Waals surface area (Å²) in [6, 6.07) is 14.9. The lowest BCUT2D eigenvalue weighted by atomic mass is 10.1. The SMILES string of the molecule is CCn1c(N/N=C(/C)c2ccccc2OC)nc2ccccc2c1=O. The van der Waals surface area contributed by atoms with E-state index < -0.39 is 0 Å². The Labute approximate surface area is 145 Å². The molecular weight excluding hydrogens is 316 g/mol. The quantitative estimate of drug-likeness (QED) is 0.573. The summed E-state index contributed by atoms with van der Waals surface area (Å²) in [4.78, 5) is 17.1. The number of ether oxygens (including phenoxy) is 1. The molecule has 2 aromatic carbocycles. The molecule has 1 N–H and O–H groups in total. The number of benzene rings is 2. The maximum Gasteiger partial charge on any atom is 0.262 e. The van der Waals surface area contributed by atoms with Crippen molar-refractivity contribution in [1.29, 1.82) is 0 Å². The van der Waals surface area contributed by atoms with Gasteiger partial charge in [-0.05, 0) is 38.1 Å². The molecule has 0 aliphatic rings. The maximum atomic E-state index is 12.6. The van der Waals surface area contributed by atoms with Gasteiger partial charge in [-0.3, -0.25) is 9.36 Å². The van der Waals surface area contributed by atoms with Gasteiger partial charge in [0, 0.05) is 12.1 Å². The van der Waals surface area contributed by atoms with E-state index in [1.807, 2.05) is 56.3 Å². The maximum absolute atomic E-state index is 12.6. The van der Waals surface area contributed by atoms with Crippen LogP contribution in [0, 0.1) is 0 Å². The minimum atomic E-state index is -0.0826. The van der Waals surface area contributed by atoms with Crippen LogP contribution in [0.1, 0.15) is 19.4 Å². The number of rotatable bonds is 5. The minimum Gasteiger partial charge on any atom is -0.496 e. The van der Waals surface area contributed by atoms with E-state index >= 15 is 0 Å². The molecule has 0 spiro atoms. The summed E-state index contributed by atoms with van der Waals surface area (Å²) < 4.78 is 6.93. The molecule has 3 rings (SSSR count). The molecular formula is C19H20N4O2. The lowest BCUT2D eigenvalue weighted by Gasteiger charge is -2.12. The number of fused-ring (bicyclic) bond motifs is 1. The van der Waals surface area contributed by atoms with Gasteiger partial charge < -0.3 is 4.74 Å². The van der Waals surface area contributed by atoms with Gasteiger partial charge in [0.1, 0.15) is 5.75 Å². The second-order valence-corrected chi connectivity index (χ2v) is 5.51. The average Bonchev–Trinajstić information content (AvgIpc) is 2.66. The number of nitrogens with zero attached hydrogens (tertiary/aromatic N) is 3. The Kier molecular flexibility index (Phi) is 4.79. The molecule has 25 heavy (non-hydrogen) atoms. The van der Waals surface area contributed by atoms with E-state index in [4.69, 9.17) is 4.74 Å². The lowest BCUT2D eigenvalue weighted by molar-refractivity contribution is 0.414. The molecule has 0 aliphatic carbocycles. The van der Waals surface area contributed by atoms with Gasteiger partial charge in [-0.25, -0.2) is 10.4 Å². The van der Waals surface area contributed by atoms with Gasteiger partial charge in [0.15, 0.2) is 0 Å². The van der Waals surface area contributed by atoms with Crippen molar-refractivity contribution < 1.29 is 4.74 Å². The second-order valence-electron chi connectivity index (χ2n) is 5.51. The van der Waals surface area contributed by atoms with Crippen LogP contribution in [0.3, 0.4) is 0 Å². The molecule has 0 atom stereocenters. The van der Waals surface area contributed by atoms with Crippen molar-refractivity contribution in [3.63, 3.8) is 0 Å². The average molecular weight is 336 g/mol. The zero-order chi connectivity index (χ0) is 17.8. The number of hydrogen-bond donors (Lipinski definition) is 1. The molecule has 0 saturated heterocycles. The highest BCUT2D eigenvalue weighted by Gasteiger charge is 2.10. The first-order chi connectivity index (χ1) is 12.2. The lowest BCUT2D eigenvalue weighted by Crippen LogP contribution is -2.23. The van der Waals surface area contributed by atoms with E-state index in [0.717, 1.165) is 17.0 Å². The van der Waals surface area contributed by atoms with Crippen LogP contribution in [0.2, 0.25) is 0 Å². The van der Waals surface area contributed by atoms with Gasteiger partial charge in [-0.2, -0.15) is 5.10 Å². The number of para-hydroxylation sites is 2. The molecule has 0 amide bonds. The Morgan fingerprint density at radius 2 is 1.92 bits per heavy atom. The van der Waals surface area contributed by atoms with E-state index in [0.29, 0.717) is 23.4 Å². The number of hydrogen-bond acceptors (Lipinski definition) is 5. The van der Waals surface area contributed by atoms with Crippen molar-refractivity contribution in [1.82, 2.24) is 9.55 Å². The normalized spacial score (nSPS) is 11.6. The monoisotopic (exact) mass is 336 g/mol. The Morgan fingerprint density at radius 1 is 1.20 bits per heavy atom. The van der Waals surface area contributed by atoms with Crippen molar-refractivity contribution in [3.8, 4) is 5.75 Å². The van der Waals surface area contributed by atoms with Crippen molar-refractivity contribution in [2.45, 2.75) is 20.4 Å². The summed E-state index contributed by atoms with van der Waals surface area (Å²) >= 11 is 0. The van der Waals surface area contributed by atoms with E-state index in [1.54, 1.807) is 17.7 Å². The molecule has 0 saturated carbocycles. The Morgan fingerprint density at radius 3 is 2.68 bits per heavy atom. The number of hydrazone groups is 1. The van der Waals surface area contributed by atoms with Gasteiger partial charge >= 0.3 is 0 Å². The summed E-state index contributed by atoms with van der Waals surface area (Å²) in [5.41, 5.74) is 5.11. The molecule has 6 nitrogen and oxygen atoms in total. The van der Waals surface area contributed by atoms with Gasteiger partial charge in [0.25, 0.3) is 5.56 Å². The van der Waals surface area contributed by atoms with E-state index in [2.05, 4.69) is 15.5 Å². The largest absolute Gasteiger partial charge is 0.496 e. The summed E-state index contributed by atoms with van der Waals surface area (Å²) in [5, 5.41) is 4.99. The van der Waals surface area contributed by atoms with E-state index in [1.165, 1.54) is 0 Å². The fourth-order valence-corrected chi connectivity index (χ4v) is 2.68. The van der Waals surface area contributed by atoms with Crippen molar-refractivity contribution >= 4 is 22.6 Å². The van der Waals surface area contributed by atoms with Crippen LogP contribution < -0.4 is 15.7 Å². The molecule has 0 bridgehead atoms. The number of aromatic nitrogens is 2. The van der Waals surface area contributed by atoms with Crippen LogP contribution in [0.15, 0.2) is 58.4 Å². The molecule has 0 aliphatic heterocycles. The highest BCUT2D eigenvalue weighted by Crippen LogP contribution is 2.18. The smallest absolute Gasteiger partial charge is 0.262 e. The van der Waals surface area contributed by atoms with Crippen molar-refractivity contribution in [3.05, 3.63) is 64.4 Å². The Bertz CT molecular complexity index is 992. The Balaban J connectivity index is 2.01. The third-order valence-corrected chi connectivity index (χ3v) is 4.00. The Hall–Kier alpha value is -3.15. The third-order valence-electron chi connectivity index (χ3n) is 4.00. The first kappa shape index (κ1) is 16.7. The highest BCUT2D eigenvalue weighted by molar-refractivity contribution is 6.01. The number of methoxy groups -OCH3 is 1. The predicted octanol–water partition coefficient (Wildman–Crippen LogP) is 3.26. The number of nitrogens with one attached hydrogen (secondary N) is 1. The van der Waals surface area contributed by atoms with Crippen LogP contribution >= 0.6 is 0 Å². The molecule has 0 fully saturated rings. The van der Waals surface area contributed by atoms with Crippen LogP contribution in [0.25, 0.3) is 10.9 Å². The molecule has 0 radical (unpaired) electrons. The topological polar surface area (TPSA) is 68.5 Å². The molecule has 0 unspecified atom stereocenters. The molecule has 128 valence electrons. The molecule has 1 heterocycles. The van der Waals surface area contributed by atoms with Crippen molar-refractivity contribution in [2.75, 3.05) is 12.5 Å². The summed E-state index contributed by atoms with van der Waals surface area (Å²) in [7, 11) is 1.62. The molecule has 6 heteroatoms. The zero-order valence-corrected chi connectivity index (χ0v) is 14.5. The van der Waals surface area contributed by atoms with Gasteiger partial charge in [0.05, 0.1) is 23.7 Å². The predicted molar refractivity (Wildman–Crippen MR) is 101 cm³/mol. The third kappa shape index (κ3) is 3.24. The first-order valence-electron chi connectivity index (χ1n) is 8.09. The van der Waals surface area contributed by atoms with Gasteiger partial charge in [0.2, 0.25) is 5.95 Å². The zero-order valence-electron chi connectivity index (χ0n) is 14.5. The van der Waals surface area contributed by atoms with Crippen LogP contribution in [-0.4, -0.2) is 22.4 Å². The van der Waals surface area contributed by atoms with E-state index in [9.17, 15) is 4.79 Å². The van der Waals surface area contributed by atoms with Gasteiger partial charge in [-0.15, -0.1) is 0 Å². The highest BCUT2D eigenvalue weighted by atomic mass is 16.5. The van der Waals surface area contributed by atoms with Gasteiger partial charge in [-0.1, -0.05) is 24.3 Å². The summed E-state index contributed by atoms with van der Waals surface area (Å²) in [6.45, 7) is 4.28. The summed E-state index contributed by atoms with van der Waals surface area (Å²) in [5.74, 6) is 1.16. The summed E-state index contributed by atoms with van der Waals surface area (Å²) in [6.07, 6.45) is 0. The second kappa shape index (κ2) is 7.17. The van der Waals surface area contributed by atoms with Crippen LogP contribution in [-0.2, 0) is 6.54 Å². The van der Waals surface area contributed by atoms with E-state index in [-0.39, 0.29) is 5.56 Å². The first-order valence-corrected chi connectivity index (χ1v) is 8.09. The fourth-order valence-electron chi connectivity index (χ4n) is 2.68. The molecule has 3 aromatic rings. The van der Waals surface area contributed by atoms with Crippen LogP contribution in [0.4, 0.5) is 5.95 Å².